The van der Waals surface area contributed by atoms with Gasteiger partial charge in [-0.3, -0.25) is 9.89 Å². The van der Waals surface area contributed by atoms with Crippen molar-refractivity contribution in [1.29, 1.82) is 0 Å². The number of hydrogen-bond donors (Lipinski definition) is 2. The summed E-state index contributed by atoms with van der Waals surface area (Å²) in [5, 5.41) is 10.1. The normalized spacial score (nSPS) is 10.4. The van der Waals surface area contributed by atoms with E-state index in [1.165, 1.54) is 0 Å². The third-order valence-electron chi connectivity index (χ3n) is 2.81. The van der Waals surface area contributed by atoms with E-state index >= 15 is 0 Å². The first-order valence-electron chi connectivity index (χ1n) is 5.61. The Kier molecular flexibility index (Phi) is 3.67. The van der Waals surface area contributed by atoms with Gasteiger partial charge in [-0.05, 0) is 25.5 Å². The molecular weight excluding hydrogens is 250 g/mol. The van der Waals surface area contributed by atoms with Gasteiger partial charge in [0.1, 0.15) is 0 Å². The number of nitrogens with one attached hydrogen (secondary N) is 2. The SMILES string of the molecule is Cc1cccc(C(=O)NCc2cn[nH]c2C)c1Cl. The lowest BCUT2D eigenvalue weighted by Crippen LogP contribution is -2.23. The maximum atomic E-state index is 12.0. The molecule has 5 heteroatoms. The number of nitrogens with zero attached hydrogens (tertiary/aromatic N) is 1. The molecule has 1 amide bonds. The highest BCUT2D eigenvalue weighted by molar-refractivity contribution is 6.34. The number of halogens is 1. The van der Waals surface area contributed by atoms with Crippen LogP contribution in [-0.2, 0) is 6.54 Å². The fourth-order valence-corrected chi connectivity index (χ4v) is 1.86. The number of aryl methyl sites for hydroxylation is 2. The molecule has 0 aliphatic rings. The molecule has 0 radical (unpaired) electrons. The molecule has 0 bridgehead atoms. The number of benzene rings is 1. The van der Waals surface area contributed by atoms with Gasteiger partial charge < -0.3 is 5.32 Å². The van der Waals surface area contributed by atoms with Crippen LogP contribution in [0.3, 0.4) is 0 Å². The van der Waals surface area contributed by atoms with Crippen molar-refractivity contribution in [2.75, 3.05) is 0 Å². The Labute approximate surface area is 110 Å². The Balaban J connectivity index is 2.09. The molecule has 18 heavy (non-hydrogen) atoms. The Hall–Kier alpha value is -1.81. The van der Waals surface area contributed by atoms with Crippen LogP contribution in [0.1, 0.15) is 27.2 Å². The van der Waals surface area contributed by atoms with Gasteiger partial charge in [-0.2, -0.15) is 5.10 Å². The van der Waals surface area contributed by atoms with Gasteiger partial charge in [0.15, 0.2) is 0 Å². The summed E-state index contributed by atoms with van der Waals surface area (Å²) >= 11 is 6.10. The molecule has 1 aromatic carbocycles. The Morgan fingerprint density at radius 3 is 2.89 bits per heavy atom. The third kappa shape index (κ3) is 2.54. The molecule has 0 aliphatic heterocycles. The lowest BCUT2D eigenvalue weighted by atomic mass is 10.1. The van der Waals surface area contributed by atoms with Crippen LogP contribution in [0.15, 0.2) is 24.4 Å². The van der Waals surface area contributed by atoms with Crippen LogP contribution >= 0.6 is 11.6 Å². The maximum absolute atomic E-state index is 12.0. The number of rotatable bonds is 3. The summed E-state index contributed by atoms with van der Waals surface area (Å²) in [5.74, 6) is -0.177. The summed E-state index contributed by atoms with van der Waals surface area (Å²) in [6.07, 6.45) is 1.70. The first kappa shape index (κ1) is 12.6. The minimum Gasteiger partial charge on any atom is -0.348 e. The first-order valence-corrected chi connectivity index (χ1v) is 5.99. The molecule has 2 rings (SSSR count). The van der Waals surface area contributed by atoms with Crippen molar-refractivity contribution in [3.8, 4) is 0 Å². The average molecular weight is 264 g/mol. The fourth-order valence-electron chi connectivity index (χ4n) is 1.65. The lowest BCUT2D eigenvalue weighted by molar-refractivity contribution is 0.0951. The Morgan fingerprint density at radius 2 is 2.22 bits per heavy atom. The monoisotopic (exact) mass is 263 g/mol. The van der Waals surface area contributed by atoms with E-state index in [1.54, 1.807) is 12.3 Å². The summed E-state index contributed by atoms with van der Waals surface area (Å²) in [5.41, 5.74) is 3.30. The molecule has 1 aromatic heterocycles. The van der Waals surface area contributed by atoms with Gasteiger partial charge in [-0.25, -0.2) is 0 Å². The van der Waals surface area contributed by atoms with Gasteiger partial charge in [0.2, 0.25) is 0 Å². The molecule has 0 saturated heterocycles. The van der Waals surface area contributed by atoms with Crippen LogP contribution < -0.4 is 5.32 Å². The van der Waals surface area contributed by atoms with Crippen molar-refractivity contribution in [3.05, 3.63) is 51.8 Å². The molecule has 0 spiro atoms. The number of carbonyl (C=O) groups excluding carboxylic acids is 1. The molecule has 2 N–H and O–H groups in total. The van der Waals surface area contributed by atoms with Crippen molar-refractivity contribution < 1.29 is 4.79 Å². The Morgan fingerprint density at radius 1 is 1.44 bits per heavy atom. The smallest absolute Gasteiger partial charge is 0.253 e. The van der Waals surface area contributed by atoms with Crippen LogP contribution in [0.2, 0.25) is 5.02 Å². The second kappa shape index (κ2) is 5.23. The summed E-state index contributed by atoms with van der Waals surface area (Å²) in [4.78, 5) is 12.0. The summed E-state index contributed by atoms with van der Waals surface area (Å²) in [6.45, 7) is 4.22. The molecule has 0 aliphatic carbocycles. The number of hydrogen-bond acceptors (Lipinski definition) is 2. The lowest BCUT2D eigenvalue weighted by Gasteiger charge is -2.07. The van der Waals surface area contributed by atoms with E-state index in [-0.39, 0.29) is 5.91 Å². The largest absolute Gasteiger partial charge is 0.348 e. The highest BCUT2D eigenvalue weighted by Gasteiger charge is 2.11. The minimum absolute atomic E-state index is 0.177. The van der Waals surface area contributed by atoms with Crippen LogP contribution in [0, 0.1) is 13.8 Å². The van der Waals surface area contributed by atoms with E-state index in [2.05, 4.69) is 15.5 Å². The number of H-pyrrole nitrogens is 1. The molecule has 0 saturated carbocycles. The van der Waals surface area contributed by atoms with Crippen molar-refractivity contribution in [2.45, 2.75) is 20.4 Å². The zero-order chi connectivity index (χ0) is 13.1. The predicted molar refractivity (Wildman–Crippen MR) is 70.7 cm³/mol. The second-order valence-electron chi connectivity index (χ2n) is 4.14. The number of amides is 1. The topological polar surface area (TPSA) is 57.8 Å². The highest BCUT2D eigenvalue weighted by atomic mass is 35.5. The van der Waals surface area contributed by atoms with Crippen LogP contribution in [0.5, 0.6) is 0 Å². The van der Waals surface area contributed by atoms with Crippen LogP contribution in [-0.4, -0.2) is 16.1 Å². The van der Waals surface area contributed by atoms with Crippen molar-refractivity contribution >= 4 is 17.5 Å². The van der Waals surface area contributed by atoms with Crippen molar-refractivity contribution in [2.24, 2.45) is 0 Å². The van der Waals surface area contributed by atoms with Gasteiger partial charge in [0.05, 0.1) is 16.8 Å². The van der Waals surface area contributed by atoms with E-state index in [1.807, 2.05) is 26.0 Å². The third-order valence-corrected chi connectivity index (χ3v) is 3.31. The van der Waals surface area contributed by atoms with Crippen molar-refractivity contribution in [1.82, 2.24) is 15.5 Å². The van der Waals surface area contributed by atoms with Crippen LogP contribution in [0.4, 0.5) is 0 Å². The first-order chi connectivity index (χ1) is 8.59. The van der Waals surface area contributed by atoms with Gasteiger partial charge >= 0.3 is 0 Å². The molecule has 0 atom stereocenters. The van der Waals surface area contributed by atoms with Gasteiger partial charge in [0, 0.05) is 17.8 Å². The second-order valence-corrected chi connectivity index (χ2v) is 4.52. The van der Waals surface area contributed by atoms with Crippen LogP contribution in [0.25, 0.3) is 0 Å². The number of carbonyl (C=O) groups is 1. The predicted octanol–water partition coefficient (Wildman–Crippen LogP) is 2.61. The van der Waals surface area contributed by atoms with E-state index < -0.39 is 0 Å². The molecular formula is C13H14ClN3O. The minimum atomic E-state index is -0.177. The van der Waals surface area contributed by atoms with E-state index in [0.29, 0.717) is 17.1 Å². The molecule has 94 valence electrons. The van der Waals surface area contributed by atoms with E-state index in [4.69, 9.17) is 11.6 Å². The van der Waals surface area contributed by atoms with Gasteiger partial charge in [-0.1, -0.05) is 23.7 Å². The standard InChI is InChI=1S/C13H14ClN3O/c1-8-4-3-5-11(12(8)14)13(18)15-6-10-7-16-17-9(10)2/h3-5,7H,6H2,1-2H3,(H,15,18)(H,16,17). The van der Waals surface area contributed by atoms with Gasteiger partial charge in [-0.15, -0.1) is 0 Å². The quantitative estimate of drug-likeness (QED) is 0.894. The average Bonchev–Trinajstić information content (AvgIpc) is 2.75. The zero-order valence-electron chi connectivity index (χ0n) is 10.2. The molecule has 4 nitrogen and oxygen atoms in total. The van der Waals surface area contributed by atoms with E-state index in [0.717, 1.165) is 16.8 Å². The highest BCUT2D eigenvalue weighted by Crippen LogP contribution is 2.20. The van der Waals surface area contributed by atoms with Crippen molar-refractivity contribution in [3.63, 3.8) is 0 Å². The maximum Gasteiger partial charge on any atom is 0.253 e. The van der Waals surface area contributed by atoms with Gasteiger partial charge in [0.25, 0.3) is 5.91 Å². The number of aromatic nitrogens is 2. The summed E-state index contributed by atoms with van der Waals surface area (Å²) in [6, 6.07) is 5.41. The molecule has 0 fully saturated rings. The summed E-state index contributed by atoms with van der Waals surface area (Å²) < 4.78 is 0. The summed E-state index contributed by atoms with van der Waals surface area (Å²) in [7, 11) is 0. The number of aromatic amines is 1. The zero-order valence-corrected chi connectivity index (χ0v) is 11.0. The fraction of sp³-hybridized carbons (Fsp3) is 0.231. The molecule has 2 aromatic rings. The Bertz CT molecular complexity index is 577. The molecule has 1 heterocycles. The van der Waals surface area contributed by atoms with E-state index in [9.17, 15) is 4.79 Å². The molecule has 0 unspecified atom stereocenters.